The predicted octanol–water partition coefficient (Wildman–Crippen LogP) is 2.09. The number of ketones is 1. The van der Waals surface area contributed by atoms with Crippen LogP contribution in [-0.2, 0) is 11.8 Å². The SMILES string of the molecule is CC(=O)Oc1ccccc1C(=O)c1nc2ccccc2n(C)c1=O. The molecule has 120 valence electrons. The molecule has 0 unspecified atom stereocenters. The predicted molar refractivity (Wildman–Crippen MR) is 88.2 cm³/mol. The van der Waals surface area contributed by atoms with Crippen molar-refractivity contribution in [3.8, 4) is 5.75 Å². The maximum Gasteiger partial charge on any atom is 0.308 e. The van der Waals surface area contributed by atoms with E-state index in [9.17, 15) is 14.4 Å². The first-order valence-electron chi connectivity index (χ1n) is 7.27. The molecule has 1 heterocycles. The summed E-state index contributed by atoms with van der Waals surface area (Å²) in [7, 11) is 1.58. The average molecular weight is 322 g/mol. The van der Waals surface area contributed by atoms with Gasteiger partial charge >= 0.3 is 5.97 Å². The lowest BCUT2D eigenvalue weighted by molar-refractivity contribution is -0.131. The molecule has 3 rings (SSSR count). The zero-order valence-corrected chi connectivity index (χ0v) is 13.1. The molecule has 0 aliphatic carbocycles. The molecule has 1 aromatic heterocycles. The summed E-state index contributed by atoms with van der Waals surface area (Å²) < 4.78 is 6.43. The third-order valence-electron chi connectivity index (χ3n) is 3.58. The molecule has 0 spiro atoms. The Kier molecular flexibility index (Phi) is 3.95. The normalized spacial score (nSPS) is 10.6. The van der Waals surface area contributed by atoms with Crippen LogP contribution in [0.25, 0.3) is 11.0 Å². The molecule has 3 aromatic rings. The fourth-order valence-electron chi connectivity index (χ4n) is 2.45. The number of esters is 1. The van der Waals surface area contributed by atoms with Crippen LogP contribution in [0.1, 0.15) is 23.0 Å². The number of nitrogens with zero attached hydrogens (tertiary/aromatic N) is 2. The summed E-state index contributed by atoms with van der Waals surface area (Å²) in [6, 6.07) is 13.3. The van der Waals surface area contributed by atoms with Gasteiger partial charge in [0.25, 0.3) is 5.56 Å². The number of carbonyl (C=O) groups is 2. The Morgan fingerprint density at radius 3 is 2.46 bits per heavy atom. The maximum atomic E-state index is 12.8. The quantitative estimate of drug-likeness (QED) is 0.419. The molecule has 6 nitrogen and oxygen atoms in total. The fraction of sp³-hybridized carbons (Fsp3) is 0.111. The molecule has 0 saturated carbocycles. The third-order valence-corrected chi connectivity index (χ3v) is 3.58. The first kappa shape index (κ1) is 15.6. The van der Waals surface area contributed by atoms with Crippen molar-refractivity contribution < 1.29 is 14.3 Å². The van der Waals surface area contributed by atoms with E-state index in [2.05, 4.69) is 4.98 Å². The van der Waals surface area contributed by atoms with Gasteiger partial charge in [-0.3, -0.25) is 14.4 Å². The Hall–Kier alpha value is -3.28. The second kappa shape index (κ2) is 6.08. The first-order chi connectivity index (χ1) is 11.5. The van der Waals surface area contributed by atoms with Crippen molar-refractivity contribution in [1.82, 2.24) is 9.55 Å². The molecule has 0 amide bonds. The molecular weight excluding hydrogens is 308 g/mol. The van der Waals surface area contributed by atoms with Gasteiger partial charge in [-0.15, -0.1) is 0 Å². The topological polar surface area (TPSA) is 78.3 Å². The molecule has 0 saturated heterocycles. The molecule has 0 radical (unpaired) electrons. The highest BCUT2D eigenvalue weighted by Crippen LogP contribution is 2.21. The summed E-state index contributed by atoms with van der Waals surface area (Å²) >= 11 is 0. The highest BCUT2D eigenvalue weighted by molar-refractivity contribution is 6.10. The number of para-hydroxylation sites is 3. The molecule has 24 heavy (non-hydrogen) atoms. The number of ether oxygens (including phenoxy) is 1. The summed E-state index contributed by atoms with van der Waals surface area (Å²) in [5.41, 5.74) is 0.569. The lowest BCUT2D eigenvalue weighted by Crippen LogP contribution is -2.27. The smallest absolute Gasteiger partial charge is 0.308 e. The van der Waals surface area contributed by atoms with Crippen LogP contribution in [0.4, 0.5) is 0 Å². The van der Waals surface area contributed by atoms with Crippen LogP contribution in [-0.4, -0.2) is 21.3 Å². The Labute approximate surface area is 137 Å². The minimum absolute atomic E-state index is 0.104. The van der Waals surface area contributed by atoms with E-state index in [1.54, 1.807) is 43.4 Å². The highest BCUT2D eigenvalue weighted by Gasteiger charge is 2.21. The molecule has 2 aromatic carbocycles. The minimum Gasteiger partial charge on any atom is -0.426 e. The van der Waals surface area contributed by atoms with Crippen LogP contribution >= 0.6 is 0 Å². The van der Waals surface area contributed by atoms with Crippen molar-refractivity contribution in [2.75, 3.05) is 0 Å². The Balaban J connectivity index is 2.18. The number of aryl methyl sites for hydroxylation is 1. The van der Waals surface area contributed by atoms with Crippen molar-refractivity contribution in [3.63, 3.8) is 0 Å². The first-order valence-corrected chi connectivity index (χ1v) is 7.27. The van der Waals surface area contributed by atoms with Gasteiger partial charge in [0, 0.05) is 14.0 Å². The molecule has 0 N–H and O–H groups in total. The minimum atomic E-state index is -0.585. The molecule has 0 aliphatic rings. The van der Waals surface area contributed by atoms with E-state index in [4.69, 9.17) is 4.74 Å². The van der Waals surface area contributed by atoms with Crippen molar-refractivity contribution in [3.05, 3.63) is 70.1 Å². The van der Waals surface area contributed by atoms with Gasteiger partial charge in [-0.2, -0.15) is 0 Å². The van der Waals surface area contributed by atoms with Crippen molar-refractivity contribution in [2.45, 2.75) is 6.92 Å². The standard InChI is InChI=1S/C18H14N2O4/c1-11(21)24-15-10-6-3-7-12(15)17(22)16-18(23)20(2)14-9-5-4-8-13(14)19-16/h3-10H,1-2H3. The van der Waals surface area contributed by atoms with Crippen LogP contribution in [0.15, 0.2) is 53.3 Å². The number of rotatable bonds is 3. The summed E-state index contributed by atoms with van der Waals surface area (Å²) in [5.74, 6) is -1.03. The van der Waals surface area contributed by atoms with Gasteiger partial charge in [0.05, 0.1) is 16.6 Å². The van der Waals surface area contributed by atoms with E-state index in [0.29, 0.717) is 11.0 Å². The van der Waals surface area contributed by atoms with Crippen LogP contribution in [0.5, 0.6) is 5.75 Å². The van der Waals surface area contributed by atoms with Crippen LogP contribution in [0, 0.1) is 0 Å². The molecule has 0 atom stereocenters. The molecule has 0 aliphatic heterocycles. The number of carbonyl (C=O) groups excluding carboxylic acids is 2. The lowest BCUT2D eigenvalue weighted by Gasteiger charge is -2.09. The second-order valence-corrected chi connectivity index (χ2v) is 5.23. The summed E-state index contributed by atoms with van der Waals surface area (Å²) in [6.07, 6.45) is 0. The van der Waals surface area contributed by atoms with E-state index in [1.165, 1.54) is 23.6 Å². The van der Waals surface area contributed by atoms with Gasteiger partial charge in [0.2, 0.25) is 5.78 Å². The zero-order valence-electron chi connectivity index (χ0n) is 13.1. The highest BCUT2D eigenvalue weighted by atomic mass is 16.5. The maximum absolute atomic E-state index is 12.8. The van der Waals surface area contributed by atoms with E-state index < -0.39 is 17.3 Å². The Morgan fingerprint density at radius 1 is 1.04 bits per heavy atom. The monoisotopic (exact) mass is 322 g/mol. The van der Waals surface area contributed by atoms with E-state index in [0.717, 1.165) is 0 Å². The lowest BCUT2D eigenvalue weighted by atomic mass is 10.1. The zero-order chi connectivity index (χ0) is 17.3. The van der Waals surface area contributed by atoms with E-state index >= 15 is 0 Å². The van der Waals surface area contributed by atoms with Gasteiger partial charge in [-0.1, -0.05) is 24.3 Å². The Bertz CT molecular complexity index is 1020. The molecule has 6 heteroatoms. The molecule has 0 fully saturated rings. The van der Waals surface area contributed by atoms with E-state index in [1.807, 2.05) is 0 Å². The molecular formula is C18H14N2O4. The largest absolute Gasteiger partial charge is 0.426 e. The summed E-state index contributed by atoms with van der Waals surface area (Å²) in [5, 5.41) is 0. The van der Waals surface area contributed by atoms with Gasteiger partial charge in [0.15, 0.2) is 5.69 Å². The van der Waals surface area contributed by atoms with Gasteiger partial charge in [-0.25, -0.2) is 4.98 Å². The van der Waals surface area contributed by atoms with Crippen molar-refractivity contribution in [2.24, 2.45) is 7.05 Å². The molecule has 0 bridgehead atoms. The second-order valence-electron chi connectivity index (χ2n) is 5.23. The summed E-state index contributed by atoms with van der Waals surface area (Å²) in [6.45, 7) is 1.24. The number of benzene rings is 2. The average Bonchev–Trinajstić information content (AvgIpc) is 2.57. The third kappa shape index (κ3) is 2.69. The van der Waals surface area contributed by atoms with Gasteiger partial charge < -0.3 is 9.30 Å². The number of fused-ring (bicyclic) bond motifs is 1. The van der Waals surface area contributed by atoms with Crippen LogP contribution in [0.2, 0.25) is 0 Å². The van der Waals surface area contributed by atoms with E-state index in [-0.39, 0.29) is 17.0 Å². The number of hydrogen-bond acceptors (Lipinski definition) is 5. The van der Waals surface area contributed by atoms with Crippen molar-refractivity contribution >= 4 is 22.8 Å². The van der Waals surface area contributed by atoms with Crippen LogP contribution in [0.3, 0.4) is 0 Å². The van der Waals surface area contributed by atoms with Gasteiger partial charge in [0.1, 0.15) is 5.75 Å². The number of aromatic nitrogens is 2. The number of hydrogen-bond donors (Lipinski definition) is 0. The van der Waals surface area contributed by atoms with Crippen LogP contribution < -0.4 is 10.3 Å². The fourth-order valence-corrected chi connectivity index (χ4v) is 2.45. The summed E-state index contributed by atoms with van der Waals surface area (Å²) in [4.78, 5) is 40.7. The Morgan fingerprint density at radius 2 is 1.71 bits per heavy atom. The van der Waals surface area contributed by atoms with Gasteiger partial charge in [-0.05, 0) is 24.3 Å². The van der Waals surface area contributed by atoms with Crippen molar-refractivity contribution in [1.29, 1.82) is 0 Å².